The van der Waals surface area contributed by atoms with Crippen LogP contribution < -0.4 is 10.1 Å². The van der Waals surface area contributed by atoms with Crippen molar-refractivity contribution in [1.82, 2.24) is 10.2 Å². The predicted molar refractivity (Wildman–Crippen MR) is 111 cm³/mol. The Morgan fingerprint density at radius 2 is 1.90 bits per heavy atom. The first-order chi connectivity index (χ1) is 13.9. The minimum Gasteiger partial charge on any atom is -0.484 e. The van der Waals surface area contributed by atoms with Gasteiger partial charge in [0.2, 0.25) is 5.91 Å². The zero-order chi connectivity index (χ0) is 21.2. The average Bonchev–Trinajstić information content (AvgIpc) is 2.71. The molecule has 2 aromatic rings. The first-order valence-corrected chi connectivity index (χ1v) is 9.91. The second-order valence-electron chi connectivity index (χ2n) is 7.07. The van der Waals surface area contributed by atoms with Gasteiger partial charge >= 0.3 is 0 Å². The van der Waals surface area contributed by atoms with Crippen molar-refractivity contribution in [3.63, 3.8) is 0 Å². The van der Waals surface area contributed by atoms with Crippen molar-refractivity contribution in [3.8, 4) is 5.75 Å². The quantitative estimate of drug-likeness (QED) is 0.617. The molecule has 1 N–H and O–H groups in total. The number of ether oxygens (including phenoxy) is 1. The fourth-order valence-electron chi connectivity index (χ4n) is 2.88. The zero-order valence-electron chi connectivity index (χ0n) is 17.3. The zero-order valence-corrected chi connectivity index (χ0v) is 17.3. The number of carbonyl (C=O) groups excluding carboxylic acids is 2. The number of halogens is 1. The highest BCUT2D eigenvalue weighted by Crippen LogP contribution is 2.14. The van der Waals surface area contributed by atoms with E-state index < -0.39 is 6.04 Å². The first-order valence-electron chi connectivity index (χ1n) is 9.91. The summed E-state index contributed by atoms with van der Waals surface area (Å²) in [6, 6.07) is 12.7. The van der Waals surface area contributed by atoms with E-state index in [1.807, 2.05) is 31.2 Å². The SMILES string of the molecule is CCCCNC(=O)[C@@H](C)N(Cc1cccc(C)c1)C(=O)COc1ccc(F)cc1. The number of nitrogens with one attached hydrogen (secondary N) is 1. The molecule has 1 atom stereocenters. The normalized spacial score (nSPS) is 11.6. The number of hydrogen-bond acceptors (Lipinski definition) is 3. The summed E-state index contributed by atoms with van der Waals surface area (Å²) in [6.07, 6.45) is 1.87. The minimum absolute atomic E-state index is 0.193. The van der Waals surface area contributed by atoms with Gasteiger partial charge in [0.25, 0.3) is 5.91 Å². The topological polar surface area (TPSA) is 58.6 Å². The number of unbranched alkanes of at least 4 members (excludes halogenated alkanes) is 1. The van der Waals surface area contributed by atoms with Crippen LogP contribution in [0.2, 0.25) is 0 Å². The number of aryl methyl sites for hydroxylation is 1. The molecule has 0 bridgehead atoms. The van der Waals surface area contributed by atoms with Crippen LogP contribution in [0.15, 0.2) is 48.5 Å². The van der Waals surface area contributed by atoms with Gasteiger partial charge in [-0.1, -0.05) is 43.2 Å². The summed E-state index contributed by atoms with van der Waals surface area (Å²) in [7, 11) is 0. The van der Waals surface area contributed by atoms with Gasteiger partial charge in [0, 0.05) is 13.1 Å². The third kappa shape index (κ3) is 7.22. The highest BCUT2D eigenvalue weighted by Gasteiger charge is 2.26. The highest BCUT2D eigenvalue weighted by molar-refractivity contribution is 5.87. The lowest BCUT2D eigenvalue weighted by Crippen LogP contribution is -2.49. The molecule has 156 valence electrons. The van der Waals surface area contributed by atoms with Crippen molar-refractivity contribution in [2.24, 2.45) is 0 Å². The molecule has 0 aromatic heterocycles. The molecule has 0 radical (unpaired) electrons. The van der Waals surface area contributed by atoms with E-state index >= 15 is 0 Å². The Kier molecular flexibility index (Phi) is 8.65. The van der Waals surface area contributed by atoms with Crippen LogP contribution in [0.1, 0.15) is 37.8 Å². The van der Waals surface area contributed by atoms with E-state index in [0.717, 1.165) is 24.0 Å². The van der Waals surface area contributed by atoms with Gasteiger partial charge in [-0.05, 0) is 50.1 Å². The maximum atomic E-state index is 13.0. The molecule has 0 aliphatic carbocycles. The van der Waals surface area contributed by atoms with Crippen LogP contribution >= 0.6 is 0 Å². The summed E-state index contributed by atoms with van der Waals surface area (Å²) < 4.78 is 18.5. The van der Waals surface area contributed by atoms with Gasteiger partial charge in [0.1, 0.15) is 17.6 Å². The Balaban J connectivity index is 2.10. The van der Waals surface area contributed by atoms with Crippen LogP contribution in [-0.2, 0) is 16.1 Å². The molecule has 6 heteroatoms. The van der Waals surface area contributed by atoms with Gasteiger partial charge in [-0.3, -0.25) is 9.59 Å². The summed E-state index contributed by atoms with van der Waals surface area (Å²) in [6.45, 7) is 6.40. The minimum atomic E-state index is -0.642. The maximum Gasteiger partial charge on any atom is 0.261 e. The Hall–Kier alpha value is -2.89. The van der Waals surface area contributed by atoms with Crippen LogP contribution in [0.3, 0.4) is 0 Å². The molecule has 29 heavy (non-hydrogen) atoms. The van der Waals surface area contributed by atoms with Gasteiger partial charge in [0.05, 0.1) is 0 Å². The lowest BCUT2D eigenvalue weighted by atomic mass is 10.1. The van der Waals surface area contributed by atoms with Gasteiger partial charge in [-0.2, -0.15) is 0 Å². The Morgan fingerprint density at radius 1 is 1.17 bits per heavy atom. The number of rotatable bonds is 10. The van der Waals surface area contributed by atoms with Crippen molar-refractivity contribution in [1.29, 1.82) is 0 Å². The second-order valence-corrected chi connectivity index (χ2v) is 7.07. The average molecular weight is 400 g/mol. The molecule has 0 fully saturated rings. The van der Waals surface area contributed by atoms with Crippen LogP contribution in [0, 0.1) is 12.7 Å². The fraction of sp³-hybridized carbons (Fsp3) is 0.391. The summed E-state index contributed by atoms with van der Waals surface area (Å²) in [5.74, 6) is -0.479. The van der Waals surface area contributed by atoms with E-state index in [0.29, 0.717) is 18.8 Å². The summed E-state index contributed by atoms with van der Waals surface area (Å²) in [4.78, 5) is 27.0. The lowest BCUT2D eigenvalue weighted by Gasteiger charge is -2.29. The molecule has 0 aliphatic rings. The number of benzene rings is 2. The number of hydrogen-bond donors (Lipinski definition) is 1. The van der Waals surface area contributed by atoms with Gasteiger partial charge in [-0.25, -0.2) is 4.39 Å². The third-order valence-corrected chi connectivity index (χ3v) is 4.61. The molecule has 0 saturated heterocycles. The van der Waals surface area contributed by atoms with E-state index in [4.69, 9.17) is 4.74 Å². The summed E-state index contributed by atoms with van der Waals surface area (Å²) >= 11 is 0. The van der Waals surface area contributed by atoms with Crippen molar-refractivity contribution in [2.45, 2.75) is 46.2 Å². The van der Waals surface area contributed by atoms with Crippen LogP contribution in [0.5, 0.6) is 5.75 Å². The van der Waals surface area contributed by atoms with Crippen LogP contribution in [-0.4, -0.2) is 35.9 Å². The molecule has 0 spiro atoms. The molecular formula is C23H29FN2O3. The second kappa shape index (κ2) is 11.2. The molecule has 0 saturated carbocycles. The molecule has 2 amide bonds. The Morgan fingerprint density at radius 3 is 2.55 bits per heavy atom. The van der Waals surface area contributed by atoms with E-state index in [1.54, 1.807) is 6.92 Å². The maximum absolute atomic E-state index is 13.0. The molecule has 2 rings (SSSR count). The third-order valence-electron chi connectivity index (χ3n) is 4.61. The van der Waals surface area contributed by atoms with E-state index in [-0.39, 0.29) is 24.2 Å². The molecule has 2 aromatic carbocycles. The molecule has 0 unspecified atom stereocenters. The number of carbonyl (C=O) groups is 2. The first kappa shape index (κ1) is 22.4. The van der Waals surface area contributed by atoms with Gasteiger partial charge < -0.3 is 15.0 Å². The highest BCUT2D eigenvalue weighted by atomic mass is 19.1. The monoisotopic (exact) mass is 400 g/mol. The smallest absolute Gasteiger partial charge is 0.261 e. The van der Waals surface area contributed by atoms with Crippen LogP contribution in [0.25, 0.3) is 0 Å². The van der Waals surface area contributed by atoms with Gasteiger partial charge in [-0.15, -0.1) is 0 Å². The van der Waals surface area contributed by atoms with Crippen molar-refractivity contribution in [3.05, 3.63) is 65.5 Å². The number of amides is 2. The lowest BCUT2D eigenvalue weighted by molar-refractivity contribution is -0.142. The van der Waals surface area contributed by atoms with Crippen molar-refractivity contribution in [2.75, 3.05) is 13.2 Å². The molecule has 0 aliphatic heterocycles. The van der Waals surface area contributed by atoms with Gasteiger partial charge in [0.15, 0.2) is 6.61 Å². The van der Waals surface area contributed by atoms with E-state index in [9.17, 15) is 14.0 Å². The largest absolute Gasteiger partial charge is 0.484 e. The summed E-state index contributed by atoms with van der Waals surface area (Å²) in [5, 5.41) is 2.88. The fourth-order valence-corrected chi connectivity index (χ4v) is 2.88. The Labute approximate surface area is 171 Å². The molecular weight excluding hydrogens is 371 g/mol. The Bertz CT molecular complexity index is 808. The standard InChI is InChI=1S/C23H29FN2O3/c1-4-5-13-25-23(28)18(3)26(15-19-8-6-7-17(2)14-19)22(27)16-29-21-11-9-20(24)10-12-21/h6-12,14,18H,4-5,13,15-16H2,1-3H3,(H,25,28)/t18-/m1/s1. The summed E-state index contributed by atoms with van der Waals surface area (Å²) in [5.41, 5.74) is 2.02. The predicted octanol–water partition coefficient (Wildman–Crippen LogP) is 3.85. The van der Waals surface area contributed by atoms with Crippen LogP contribution in [0.4, 0.5) is 4.39 Å². The molecule has 5 nitrogen and oxygen atoms in total. The van der Waals surface area contributed by atoms with Crippen molar-refractivity contribution >= 4 is 11.8 Å². The van der Waals surface area contributed by atoms with E-state index in [2.05, 4.69) is 12.2 Å². The van der Waals surface area contributed by atoms with Crippen molar-refractivity contribution < 1.29 is 18.7 Å². The van der Waals surface area contributed by atoms with E-state index in [1.165, 1.54) is 29.2 Å². The molecule has 0 heterocycles. The number of nitrogens with zero attached hydrogens (tertiary/aromatic N) is 1.